The summed E-state index contributed by atoms with van der Waals surface area (Å²) in [6.07, 6.45) is 5.77. The van der Waals surface area contributed by atoms with Crippen molar-refractivity contribution >= 4 is 0 Å². The third-order valence-electron chi connectivity index (χ3n) is 3.67. The maximum absolute atomic E-state index is 5.89. The molecule has 0 atom stereocenters. The number of nitrogens with zero attached hydrogens (tertiary/aromatic N) is 1. The SMILES string of the molecule is C=CCN(CCC)CCOc1cccc(CNC2CC2)c1. The summed E-state index contributed by atoms with van der Waals surface area (Å²) in [5, 5.41) is 3.53. The fourth-order valence-electron chi connectivity index (χ4n) is 2.38. The first-order valence-electron chi connectivity index (χ1n) is 8.10. The molecule has 21 heavy (non-hydrogen) atoms. The standard InChI is InChI=1S/C18H28N2O/c1-3-10-20(11-4-2)12-13-21-18-7-5-6-16(14-18)15-19-17-8-9-17/h3,5-7,14,17,19H,1,4,8-13,15H2,2H3. The lowest BCUT2D eigenvalue weighted by Crippen LogP contribution is -2.29. The van der Waals surface area contributed by atoms with E-state index >= 15 is 0 Å². The van der Waals surface area contributed by atoms with Crippen molar-refractivity contribution < 1.29 is 4.74 Å². The lowest BCUT2D eigenvalue weighted by Gasteiger charge is -2.20. The number of nitrogens with one attached hydrogen (secondary N) is 1. The van der Waals surface area contributed by atoms with Crippen molar-refractivity contribution in [1.29, 1.82) is 0 Å². The molecule has 0 aliphatic heterocycles. The second kappa shape index (κ2) is 8.85. The van der Waals surface area contributed by atoms with Crippen LogP contribution in [0.25, 0.3) is 0 Å². The molecule has 1 aromatic rings. The topological polar surface area (TPSA) is 24.5 Å². The molecule has 0 aromatic heterocycles. The highest BCUT2D eigenvalue weighted by atomic mass is 16.5. The van der Waals surface area contributed by atoms with E-state index in [0.29, 0.717) is 0 Å². The fourth-order valence-corrected chi connectivity index (χ4v) is 2.38. The Morgan fingerprint density at radius 2 is 2.24 bits per heavy atom. The van der Waals surface area contributed by atoms with Crippen molar-refractivity contribution in [2.75, 3.05) is 26.2 Å². The Balaban J connectivity index is 1.73. The monoisotopic (exact) mass is 288 g/mol. The minimum absolute atomic E-state index is 0.730. The molecule has 0 unspecified atom stereocenters. The second-order valence-corrected chi connectivity index (χ2v) is 5.74. The Morgan fingerprint density at radius 1 is 1.38 bits per heavy atom. The van der Waals surface area contributed by atoms with Gasteiger partial charge in [0.25, 0.3) is 0 Å². The quantitative estimate of drug-likeness (QED) is 0.633. The molecular formula is C18H28N2O. The van der Waals surface area contributed by atoms with Crippen LogP contribution in [0.1, 0.15) is 31.7 Å². The minimum atomic E-state index is 0.730. The average molecular weight is 288 g/mol. The van der Waals surface area contributed by atoms with Crippen LogP contribution in [0.3, 0.4) is 0 Å². The van der Waals surface area contributed by atoms with Gasteiger partial charge >= 0.3 is 0 Å². The predicted molar refractivity (Wildman–Crippen MR) is 88.7 cm³/mol. The molecule has 1 N–H and O–H groups in total. The van der Waals surface area contributed by atoms with E-state index in [1.54, 1.807) is 0 Å². The molecule has 1 aromatic carbocycles. The molecule has 1 fully saturated rings. The van der Waals surface area contributed by atoms with E-state index in [0.717, 1.165) is 51.0 Å². The molecular weight excluding hydrogens is 260 g/mol. The van der Waals surface area contributed by atoms with Crippen LogP contribution in [0.15, 0.2) is 36.9 Å². The van der Waals surface area contributed by atoms with Crippen molar-refractivity contribution in [1.82, 2.24) is 10.2 Å². The van der Waals surface area contributed by atoms with Crippen LogP contribution in [-0.4, -0.2) is 37.2 Å². The fraction of sp³-hybridized carbons (Fsp3) is 0.556. The smallest absolute Gasteiger partial charge is 0.119 e. The van der Waals surface area contributed by atoms with Crippen LogP contribution >= 0.6 is 0 Å². The normalized spacial score (nSPS) is 14.4. The van der Waals surface area contributed by atoms with Crippen LogP contribution in [0.2, 0.25) is 0 Å². The molecule has 116 valence electrons. The molecule has 0 saturated heterocycles. The largest absolute Gasteiger partial charge is 0.492 e. The number of ether oxygens (including phenoxy) is 1. The summed E-state index contributed by atoms with van der Waals surface area (Å²) in [7, 11) is 0. The number of benzene rings is 1. The molecule has 0 spiro atoms. The summed E-state index contributed by atoms with van der Waals surface area (Å²) in [6, 6.07) is 9.16. The molecule has 3 nitrogen and oxygen atoms in total. The maximum atomic E-state index is 5.89. The molecule has 0 bridgehead atoms. The first-order valence-corrected chi connectivity index (χ1v) is 8.10. The highest BCUT2D eigenvalue weighted by Gasteiger charge is 2.19. The van der Waals surface area contributed by atoms with E-state index in [1.165, 1.54) is 18.4 Å². The van der Waals surface area contributed by atoms with Crippen LogP contribution in [0.5, 0.6) is 5.75 Å². The van der Waals surface area contributed by atoms with Crippen molar-refractivity contribution in [3.8, 4) is 5.75 Å². The van der Waals surface area contributed by atoms with Gasteiger partial charge in [-0.25, -0.2) is 0 Å². The summed E-state index contributed by atoms with van der Waals surface area (Å²) in [5.41, 5.74) is 1.30. The molecule has 1 aliphatic carbocycles. The average Bonchev–Trinajstić information content (AvgIpc) is 3.30. The van der Waals surface area contributed by atoms with Crippen LogP contribution in [-0.2, 0) is 6.54 Å². The molecule has 3 heteroatoms. The van der Waals surface area contributed by atoms with Crippen LogP contribution in [0.4, 0.5) is 0 Å². The van der Waals surface area contributed by atoms with Crippen molar-refractivity contribution in [2.24, 2.45) is 0 Å². The zero-order valence-corrected chi connectivity index (χ0v) is 13.2. The second-order valence-electron chi connectivity index (χ2n) is 5.74. The summed E-state index contributed by atoms with van der Waals surface area (Å²) in [6.45, 7) is 10.7. The van der Waals surface area contributed by atoms with Crippen molar-refractivity contribution in [2.45, 2.75) is 38.8 Å². The Morgan fingerprint density at radius 3 is 2.95 bits per heavy atom. The summed E-state index contributed by atoms with van der Waals surface area (Å²) in [4.78, 5) is 2.37. The van der Waals surface area contributed by atoms with Crippen LogP contribution < -0.4 is 10.1 Å². The van der Waals surface area contributed by atoms with Gasteiger partial charge in [0.05, 0.1) is 0 Å². The predicted octanol–water partition coefficient (Wildman–Crippen LogP) is 3.22. The Bertz CT molecular complexity index is 429. The summed E-state index contributed by atoms with van der Waals surface area (Å²) >= 11 is 0. The molecule has 0 amide bonds. The van der Waals surface area contributed by atoms with Gasteiger partial charge in [0.15, 0.2) is 0 Å². The zero-order chi connectivity index (χ0) is 14.9. The third kappa shape index (κ3) is 6.32. The Kier molecular flexibility index (Phi) is 6.77. The van der Waals surface area contributed by atoms with Crippen LogP contribution in [0, 0.1) is 0 Å². The molecule has 1 aliphatic rings. The van der Waals surface area contributed by atoms with Gasteiger partial charge in [0.2, 0.25) is 0 Å². The van der Waals surface area contributed by atoms with Gasteiger partial charge in [-0.2, -0.15) is 0 Å². The lowest BCUT2D eigenvalue weighted by atomic mass is 10.2. The minimum Gasteiger partial charge on any atom is -0.492 e. The number of hydrogen-bond acceptors (Lipinski definition) is 3. The number of rotatable bonds is 11. The highest BCUT2D eigenvalue weighted by Crippen LogP contribution is 2.20. The highest BCUT2D eigenvalue weighted by molar-refractivity contribution is 5.28. The van der Waals surface area contributed by atoms with E-state index in [2.05, 4.69) is 41.9 Å². The van der Waals surface area contributed by atoms with Crippen molar-refractivity contribution in [3.63, 3.8) is 0 Å². The molecule has 2 rings (SSSR count). The zero-order valence-electron chi connectivity index (χ0n) is 13.2. The molecule has 0 heterocycles. The van der Waals surface area contributed by atoms with E-state index in [1.807, 2.05) is 12.1 Å². The Hall–Kier alpha value is -1.32. The van der Waals surface area contributed by atoms with Gasteiger partial charge in [-0.1, -0.05) is 25.1 Å². The summed E-state index contributed by atoms with van der Waals surface area (Å²) < 4.78 is 5.89. The maximum Gasteiger partial charge on any atom is 0.119 e. The van der Waals surface area contributed by atoms with E-state index in [4.69, 9.17) is 4.74 Å². The van der Waals surface area contributed by atoms with Crippen molar-refractivity contribution in [3.05, 3.63) is 42.5 Å². The van der Waals surface area contributed by atoms with Gasteiger partial charge in [-0.05, 0) is 43.5 Å². The van der Waals surface area contributed by atoms with Gasteiger partial charge < -0.3 is 10.1 Å². The lowest BCUT2D eigenvalue weighted by molar-refractivity contribution is 0.223. The van der Waals surface area contributed by atoms with Gasteiger partial charge in [-0.3, -0.25) is 4.90 Å². The van der Waals surface area contributed by atoms with Gasteiger partial charge in [-0.15, -0.1) is 6.58 Å². The van der Waals surface area contributed by atoms with E-state index < -0.39 is 0 Å². The number of hydrogen-bond donors (Lipinski definition) is 1. The molecule has 1 saturated carbocycles. The summed E-state index contributed by atoms with van der Waals surface area (Å²) in [5.74, 6) is 0.972. The van der Waals surface area contributed by atoms with E-state index in [9.17, 15) is 0 Å². The van der Waals surface area contributed by atoms with Gasteiger partial charge in [0, 0.05) is 25.7 Å². The van der Waals surface area contributed by atoms with Gasteiger partial charge in [0.1, 0.15) is 12.4 Å². The third-order valence-corrected chi connectivity index (χ3v) is 3.67. The first kappa shape index (κ1) is 16.1. The van der Waals surface area contributed by atoms with E-state index in [-0.39, 0.29) is 0 Å². The first-order chi connectivity index (χ1) is 10.3. The Labute approximate surface area is 129 Å². The molecule has 0 radical (unpaired) electrons.